The van der Waals surface area contributed by atoms with Crippen molar-refractivity contribution >= 4 is 5.52 Å². The van der Waals surface area contributed by atoms with Gasteiger partial charge in [0.1, 0.15) is 5.75 Å². The van der Waals surface area contributed by atoms with Gasteiger partial charge in [-0.2, -0.15) is 13.9 Å². The number of nitrogens with zero attached hydrogens (tertiary/aromatic N) is 2. The van der Waals surface area contributed by atoms with Crippen molar-refractivity contribution < 1.29 is 13.5 Å². The fraction of sp³-hybridized carbons (Fsp3) is 0.125. The number of pyridine rings is 1. The number of ether oxygens (including phenoxy) is 1. The number of rotatable bonds is 2. The van der Waals surface area contributed by atoms with Gasteiger partial charge in [-0.3, -0.25) is 0 Å². The second-order valence-corrected chi connectivity index (χ2v) is 2.44. The molecule has 0 aliphatic rings. The van der Waals surface area contributed by atoms with Gasteiger partial charge in [-0.1, -0.05) is 0 Å². The van der Waals surface area contributed by atoms with Crippen LogP contribution in [0.5, 0.6) is 5.75 Å². The summed E-state index contributed by atoms with van der Waals surface area (Å²) in [5, 5.41) is 3.88. The Labute approximate surface area is 72.5 Å². The summed E-state index contributed by atoms with van der Waals surface area (Å²) in [6, 6.07) is 4.90. The van der Waals surface area contributed by atoms with Gasteiger partial charge < -0.3 is 4.74 Å². The van der Waals surface area contributed by atoms with E-state index in [-0.39, 0.29) is 5.75 Å². The van der Waals surface area contributed by atoms with E-state index in [1.165, 1.54) is 16.8 Å². The number of fused-ring (bicyclic) bond motifs is 1. The van der Waals surface area contributed by atoms with E-state index in [2.05, 4.69) is 9.84 Å². The molecule has 0 radical (unpaired) electrons. The Morgan fingerprint density at radius 1 is 1.31 bits per heavy atom. The molecular formula is C8H6F2N2O. The summed E-state index contributed by atoms with van der Waals surface area (Å²) < 4.78 is 29.3. The van der Waals surface area contributed by atoms with Crippen molar-refractivity contribution in [3.63, 3.8) is 0 Å². The molecule has 0 N–H and O–H groups in total. The van der Waals surface area contributed by atoms with Gasteiger partial charge in [-0.25, -0.2) is 4.52 Å². The second-order valence-electron chi connectivity index (χ2n) is 2.44. The first-order valence-electron chi connectivity index (χ1n) is 3.64. The summed E-state index contributed by atoms with van der Waals surface area (Å²) in [6.45, 7) is -2.80. The first kappa shape index (κ1) is 7.97. The summed E-state index contributed by atoms with van der Waals surface area (Å²) in [4.78, 5) is 0. The Balaban J connectivity index is 2.37. The predicted octanol–water partition coefficient (Wildman–Crippen LogP) is 1.94. The van der Waals surface area contributed by atoms with Crippen molar-refractivity contribution in [1.82, 2.24) is 9.61 Å². The highest BCUT2D eigenvalue weighted by Gasteiger charge is 2.04. The average Bonchev–Trinajstić information content (AvgIpc) is 2.49. The van der Waals surface area contributed by atoms with Crippen LogP contribution >= 0.6 is 0 Å². The van der Waals surface area contributed by atoms with Crippen LogP contribution in [0.25, 0.3) is 5.52 Å². The standard InChI is InChI=1S/C8H6F2N2O/c9-8(10)13-7-2-1-6-3-4-11-12(6)5-7/h1-5,8H. The lowest BCUT2D eigenvalue weighted by molar-refractivity contribution is -0.0501. The third kappa shape index (κ3) is 1.58. The molecular weight excluding hydrogens is 178 g/mol. The minimum absolute atomic E-state index is 0.103. The van der Waals surface area contributed by atoms with Crippen molar-refractivity contribution in [3.05, 3.63) is 30.6 Å². The molecule has 0 atom stereocenters. The van der Waals surface area contributed by atoms with E-state index in [0.717, 1.165) is 5.52 Å². The summed E-state index contributed by atoms with van der Waals surface area (Å²) in [7, 11) is 0. The van der Waals surface area contributed by atoms with Crippen LogP contribution in [0, 0.1) is 0 Å². The molecule has 0 aliphatic carbocycles. The van der Waals surface area contributed by atoms with E-state index in [0.29, 0.717) is 0 Å². The Kier molecular flexibility index (Phi) is 1.84. The Morgan fingerprint density at radius 2 is 2.15 bits per heavy atom. The first-order valence-corrected chi connectivity index (χ1v) is 3.64. The van der Waals surface area contributed by atoms with Crippen molar-refractivity contribution in [1.29, 1.82) is 0 Å². The van der Waals surface area contributed by atoms with Crippen LogP contribution in [-0.2, 0) is 0 Å². The highest BCUT2D eigenvalue weighted by atomic mass is 19.3. The van der Waals surface area contributed by atoms with Gasteiger partial charge in [-0.15, -0.1) is 0 Å². The van der Waals surface area contributed by atoms with E-state index in [4.69, 9.17) is 0 Å². The normalized spacial score (nSPS) is 11.0. The fourth-order valence-electron chi connectivity index (χ4n) is 1.07. The van der Waals surface area contributed by atoms with Crippen LogP contribution in [0.15, 0.2) is 30.6 Å². The molecule has 0 fully saturated rings. The van der Waals surface area contributed by atoms with Gasteiger partial charge in [0.2, 0.25) is 0 Å². The van der Waals surface area contributed by atoms with Crippen molar-refractivity contribution in [2.45, 2.75) is 6.61 Å². The van der Waals surface area contributed by atoms with Crippen LogP contribution in [-0.4, -0.2) is 16.2 Å². The molecule has 13 heavy (non-hydrogen) atoms. The lowest BCUT2D eigenvalue weighted by atomic mass is 10.4. The van der Waals surface area contributed by atoms with E-state index < -0.39 is 6.61 Å². The predicted molar refractivity (Wildman–Crippen MR) is 41.8 cm³/mol. The monoisotopic (exact) mass is 184 g/mol. The van der Waals surface area contributed by atoms with Gasteiger partial charge in [0.05, 0.1) is 11.7 Å². The molecule has 0 aliphatic heterocycles. The third-order valence-electron chi connectivity index (χ3n) is 1.59. The number of alkyl halides is 2. The minimum Gasteiger partial charge on any atom is -0.433 e. The van der Waals surface area contributed by atoms with Crippen molar-refractivity contribution in [2.24, 2.45) is 0 Å². The fourth-order valence-corrected chi connectivity index (χ4v) is 1.07. The van der Waals surface area contributed by atoms with Crippen LogP contribution < -0.4 is 4.74 Å². The van der Waals surface area contributed by atoms with Gasteiger partial charge >= 0.3 is 6.61 Å². The molecule has 0 bridgehead atoms. The Bertz CT molecular complexity index is 413. The Hall–Kier alpha value is -1.65. The number of hydrogen-bond acceptors (Lipinski definition) is 2. The maximum Gasteiger partial charge on any atom is 0.387 e. The second kappa shape index (κ2) is 3.01. The highest BCUT2D eigenvalue weighted by Crippen LogP contribution is 2.14. The lowest BCUT2D eigenvalue weighted by Crippen LogP contribution is -2.02. The molecule has 2 aromatic heterocycles. The molecule has 2 aromatic rings. The molecule has 0 spiro atoms. The van der Waals surface area contributed by atoms with Crippen LogP contribution in [0.2, 0.25) is 0 Å². The smallest absolute Gasteiger partial charge is 0.387 e. The number of halogens is 2. The number of hydrogen-bond donors (Lipinski definition) is 0. The zero-order valence-electron chi connectivity index (χ0n) is 6.52. The summed E-state index contributed by atoms with van der Waals surface area (Å²) >= 11 is 0. The van der Waals surface area contributed by atoms with Gasteiger partial charge in [0.15, 0.2) is 0 Å². The number of aromatic nitrogens is 2. The van der Waals surface area contributed by atoms with Gasteiger partial charge in [0.25, 0.3) is 0 Å². The molecule has 68 valence electrons. The van der Waals surface area contributed by atoms with Crippen molar-refractivity contribution in [2.75, 3.05) is 0 Å². The van der Waals surface area contributed by atoms with Crippen molar-refractivity contribution in [3.8, 4) is 5.75 Å². The topological polar surface area (TPSA) is 26.5 Å². The molecule has 3 nitrogen and oxygen atoms in total. The summed E-state index contributed by atoms with van der Waals surface area (Å²) in [5.41, 5.74) is 0.835. The molecule has 0 saturated heterocycles. The zero-order chi connectivity index (χ0) is 9.26. The maximum absolute atomic E-state index is 11.8. The zero-order valence-corrected chi connectivity index (χ0v) is 6.52. The van der Waals surface area contributed by atoms with E-state index >= 15 is 0 Å². The van der Waals surface area contributed by atoms with E-state index in [1.54, 1.807) is 18.3 Å². The molecule has 0 unspecified atom stereocenters. The molecule has 0 aromatic carbocycles. The molecule has 2 rings (SSSR count). The summed E-state index contributed by atoms with van der Waals surface area (Å²) in [6.07, 6.45) is 2.99. The minimum atomic E-state index is -2.80. The summed E-state index contributed by atoms with van der Waals surface area (Å²) in [5.74, 6) is 0.103. The van der Waals surface area contributed by atoms with Crippen LogP contribution in [0.4, 0.5) is 8.78 Å². The van der Waals surface area contributed by atoms with E-state index in [9.17, 15) is 8.78 Å². The van der Waals surface area contributed by atoms with E-state index in [1.807, 2.05) is 0 Å². The van der Waals surface area contributed by atoms with Crippen LogP contribution in [0.1, 0.15) is 0 Å². The molecule has 2 heterocycles. The largest absolute Gasteiger partial charge is 0.433 e. The quantitative estimate of drug-likeness (QED) is 0.712. The average molecular weight is 184 g/mol. The van der Waals surface area contributed by atoms with Gasteiger partial charge in [-0.05, 0) is 18.2 Å². The Morgan fingerprint density at radius 3 is 2.92 bits per heavy atom. The third-order valence-corrected chi connectivity index (χ3v) is 1.59. The SMILES string of the molecule is FC(F)Oc1ccc2ccnn2c1. The highest BCUT2D eigenvalue weighted by molar-refractivity contribution is 5.47. The first-order chi connectivity index (χ1) is 6.25. The lowest BCUT2D eigenvalue weighted by Gasteiger charge is -2.03. The van der Waals surface area contributed by atoms with Crippen LogP contribution in [0.3, 0.4) is 0 Å². The maximum atomic E-state index is 11.8. The molecule has 0 saturated carbocycles. The van der Waals surface area contributed by atoms with Gasteiger partial charge in [0, 0.05) is 6.20 Å². The molecule has 0 amide bonds. The molecule has 5 heteroatoms.